The van der Waals surface area contributed by atoms with Crippen LogP contribution in [-0.4, -0.2) is 79.7 Å². The molecule has 4 N–H and O–H groups in total. The third-order valence-electron chi connectivity index (χ3n) is 7.14. The molecule has 1 saturated heterocycles. The number of ketones is 1. The van der Waals surface area contributed by atoms with Gasteiger partial charge in [-0.25, -0.2) is 4.79 Å². The van der Waals surface area contributed by atoms with E-state index in [4.69, 9.17) is 10.8 Å². The van der Waals surface area contributed by atoms with Crippen LogP contribution in [0.2, 0.25) is 0 Å². The molecule has 43 heavy (non-hydrogen) atoms. The summed E-state index contributed by atoms with van der Waals surface area (Å²) in [6, 6.07) is 15.5. The Morgan fingerprint density at radius 1 is 0.953 bits per heavy atom. The molecule has 2 heterocycles. The molecule has 13 heteroatoms. The Morgan fingerprint density at radius 3 is 2.26 bits per heavy atom. The molecular formula is C30H29N5O8. The molecule has 1 aliphatic rings. The highest BCUT2D eigenvalue weighted by molar-refractivity contribution is 6.11. The first-order valence-electron chi connectivity index (χ1n) is 13.1. The van der Waals surface area contributed by atoms with Gasteiger partial charge in [-0.1, -0.05) is 42.5 Å². The molecule has 1 aliphatic heterocycles. The van der Waals surface area contributed by atoms with Gasteiger partial charge < -0.3 is 20.8 Å². The average Bonchev–Trinajstić information content (AvgIpc) is 3.17. The predicted molar refractivity (Wildman–Crippen MR) is 152 cm³/mol. The molecule has 0 aliphatic carbocycles. The number of carbonyl (C=O) groups is 6. The van der Waals surface area contributed by atoms with Crippen molar-refractivity contribution >= 4 is 41.3 Å². The smallest absolute Gasteiger partial charge is 0.328 e. The van der Waals surface area contributed by atoms with Crippen molar-refractivity contribution in [3.63, 3.8) is 0 Å². The Bertz CT molecular complexity index is 1560. The number of amides is 4. The van der Waals surface area contributed by atoms with Crippen LogP contribution in [0, 0.1) is 0 Å². The molecule has 4 rings (SSSR count). The third-order valence-corrected chi connectivity index (χ3v) is 7.14. The van der Waals surface area contributed by atoms with Gasteiger partial charge in [-0.05, 0) is 42.3 Å². The SMILES string of the molecule is C[C@@]1(c2ccncc2)C(=O)N(CC(=O)c2cccc(N(CC(=O)O)C(=O)[C@@H](N)CC(=O)O)c2)C(=O)N1Cc1ccccc1. The summed E-state index contributed by atoms with van der Waals surface area (Å²) in [6.07, 6.45) is 2.28. The number of carboxylic acid groups (broad SMARTS) is 2. The van der Waals surface area contributed by atoms with E-state index in [1.807, 2.05) is 30.3 Å². The van der Waals surface area contributed by atoms with Gasteiger partial charge in [-0.3, -0.25) is 38.8 Å². The van der Waals surface area contributed by atoms with Gasteiger partial charge in [0, 0.05) is 30.2 Å². The summed E-state index contributed by atoms with van der Waals surface area (Å²) < 4.78 is 0. The number of hydrogen-bond acceptors (Lipinski definition) is 8. The van der Waals surface area contributed by atoms with Gasteiger partial charge in [-0.2, -0.15) is 0 Å². The molecule has 0 radical (unpaired) electrons. The van der Waals surface area contributed by atoms with Crippen molar-refractivity contribution < 1.29 is 39.0 Å². The van der Waals surface area contributed by atoms with E-state index in [0.717, 1.165) is 15.4 Å². The maximum Gasteiger partial charge on any atom is 0.328 e. The van der Waals surface area contributed by atoms with Crippen molar-refractivity contribution in [2.24, 2.45) is 5.73 Å². The summed E-state index contributed by atoms with van der Waals surface area (Å²) in [6.45, 7) is 0.226. The lowest BCUT2D eigenvalue weighted by Gasteiger charge is -2.32. The summed E-state index contributed by atoms with van der Waals surface area (Å²) in [5.41, 5.74) is 5.49. The average molecular weight is 588 g/mol. The van der Waals surface area contributed by atoms with Crippen molar-refractivity contribution in [3.8, 4) is 0 Å². The minimum atomic E-state index is -1.53. The number of rotatable bonds is 12. The van der Waals surface area contributed by atoms with Crippen LogP contribution < -0.4 is 10.6 Å². The summed E-state index contributed by atoms with van der Waals surface area (Å²) in [4.78, 5) is 83.4. The molecular weight excluding hydrogens is 558 g/mol. The normalized spacial score (nSPS) is 17.1. The van der Waals surface area contributed by atoms with Gasteiger partial charge in [0.15, 0.2) is 5.78 Å². The summed E-state index contributed by atoms with van der Waals surface area (Å²) >= 11 is 0. The number of aromatic nitrogens is 1. The van der Waals surface area contributed by atoms with Gasteiger partial charge >= 0.3 is 18.0 Å². The first-order chi connectivity index (χ1) is 20.4. The number of aliphatic carboxylic acids is 2. The van der Waals surface area contributed by atoms with Gasteiger partial charge in [0.05, 0.1) is 19.0 Å². The molecule has 13 nitrogen and oxygen atoms in total. The van der Waals surface area contributed by atoms with E-state index in [1.54, 1.807) is 19.1 Å². The monoisotopic (exact) mass is 587 g/mol. The molecule has 2 aromatic carbocycles. The second-order valence-electron chi connectivity index (χ2n) is 10.0. The number of hydrogen-bond donors (Lipinski definition) is 3. The maximum atomic E-state index is 13.9. The molecule has 0 unspecified atom stereocenters. The molecule has 2 atom stereocenters. The summed E-state index contributed by atoms with van der Waals surface area (Å²) in [5.74, 6) is -4.98. The van der Waals surface area contributed by atoms with E-state index < -0.39 is 66.7 Å². The van der Waals surface area contributed by atoms with Gasteiger partial charge in [0.2, 0.25) is 5.91 Å². The number of carboxylic acids is 2. The van der Waals surface area contributed by atoms with E-state index >= 15 is 0 Å². The molecule has 4 amide bonds. The zero-order valence-electron chi connectivity index (χ0n) is 23.1. The lowest BCUT2D eigenvalue weighted by Crippen LogP contribution is -2.47. The molecule has 0 saturated carbocycles. The van der Waals surface area contributed by atoms with Gasteiger partial charge in [-0.15, -0.1) is 0 Å². The fourth-order valence-corrected chi connectivity index (χ4v) is 4.88. The van der Waals surface area contributed by atoms with E-state index in [2.05, 4.69) is 4.98 Å². The Balaban J connectivity index is 1.64. The van der Waals surface area contributed by atoms with Gasteiger partial charge in [0.1, 0.15) is 12.1 Å². The van der Waals surface area contributed by atoms with Crippen molar-refractivity contribution in [3.05, 3.63) is 95.8 Å². The van der Waals surface area contributed by atoms with Crippen LogP contribution in [0.5, 0.6) is 0 Å². The lowest BCUT2D eigenvalue weighted by molar-refractivity contribution is -0.139. The highest BCUT2D eigenvalue weighted by Gasteiger charge is 2.55. The van der Waals surface area contributed by atoms with E-state index in [9.17, 15) is 33.9 Å². The lowest BCUT2D eigenvalue weighted by atomic mass is 9.90. The standard InChI is InChI=1S/C30H29N5O8/c1-30(21-10-12-32-13-11-21)28(42)34(29(43)35(30)16-19-6-3-2-4-7-19)17-24(36)20-8-5-9-22(14-20)33(18-26(39)40)27(41)23(31)15-25(37)38/h2-14,23H,15-18,31H2,1H3,(H,37,38)(H,39,40)/t23-,30+/m0/s1. The highest BCUT2D eigenvalue weighted by atomic mass is 16.4. The molecule has 1 aromatic heterocycles. The van der Waals surface area contributed by atoms with Crippen LogP contribution >= 0.6 is 0 Å². The minimum Gasteiger partial charge on any atom is -0.481 e. The van der Waals surface area contributed by atoms with E-state index in [1.165, 1.54) is 41.6 Å². The number of nitrogens with two attached hydrogens (primary N) is 1. The topological polar surface area (TPSA) is 192 Å². The highest BCUT2D eigenvalue weighted by Crippen LogP contribution is 2.38. The number of nitrogens with zero attached hydrogens (tertiary/aromatic N) is 4. The Hall–Kier alpha value is -5.43. The summed E-state index contributed by atoms with van der Waals surface area (Å²) in [7, 11) is 0. The van der Waals surface area contributed by atoms with Crippen LogP contribution in [0.1, 0.15) is 34.8 Å². The molecule has 3 aromatic rings. The summed E-state index contributed by atoms with van der Waals surface area (Å²) in [5, 5.41) is 18.3. The second kappa shape index (κ2) is 12.6. The fourth-order valence-electron chi connectivity index (χ4n) is 4.88. The Kier molecular flexibility index (Phi) is 8.95. The fraction of sp³-hybridized carbons (Fsp3) is 0.233. The quantitative estimate of drug-likeness (QED) is 0.208. The number of benzene rings is 2. The molecule has 1 fully saturated rings. The number of anilines is 1. The minimum absolute atomic E-state index is 0.0137. The molecule has 0 bridgehead atoms. The van der Waals surface area contributed by atoms with Gasteiger partial charge in [0.25, 0.3) is 5.91 Å². The molecule has 0 spiro atoms. The zero-order valence-corrected chi connectivity index (χ0v) is 23.1. The third kappa shape index (κ3) is 6.41. The first-order valence-corrected chi connectivity index (χ1v) is 13.1. The maximum absolute atomic E-state index is 13.9. The predicted octanol–water partition coefficient (Wildman–Crippen LogP) is 1.86. The Labute approximate surface area is 246 Å². The van der Waals surface area contributed by atoms with E-state index in [0.29, 0.717) is 5.56 Å². The number of Topliss-reactive ketones (excluding diaryl/α,β-unsaturated/α-hetero) is 1. The Morgan fingerprint density at radius 2 is 1.63 bits per heavy atom. The number of pyridine rings is 1. The van der Waals surface area contributed by atoms with Crippen LogP contribution in [0.15, 0.2) is 79.1 Å². The van der Waals surface area contributed by atoms with Crippen molar-refractivity contribution in [2.75, 3.05) is 18.0 Å². The second-order valence-corrected chi connectivity index (χ2v) is 10.0. The van der Waals surface area contributed by atoms with Crippen LogP contribution in [0.4, 0.5) is 10.5 Å². The van der Waals surface area contributed by atoms with Crippen LogP contribution in [-0.2, 0) is 31.3 Å². The number of imide groups is 1. The first kappa shape index (κ1) is 30.5. The van der Waals surface area contributed by atoms with Crippen LogP contribution in [0.3, 0.4) is 0 Å². The molecule has 222 valence electrons. The number of carbonyl (C=O) groups excluding carboxylic acids is 4. The van der Waals surface area contributed by atoms with Crippen LogP contribution in [0.25, 0.3) is 0 Å². The van der Waals surface area contributed by atoms with Crippen molar-refractivity contribution in [2.45, 2.75) is 31.5 Å². The number of urea groups is 1. The van der Waals surface area contributed by atoms with Crippen molar-refractivity contribution in [1.82, 2.24) is 14.8 Å². The van der Waals surface area contributed by atoms with E-state index in [-0.39, 0.29) is 17.8 Å². The largest absolute Gasteiger partial charge is 0.481 e. The van der Waals surface area contributed by atoms with Crippen molar-refractivity contribution in [1.29, 1.82) is 0 Å². The zero-order chi connectivity index (χ0) is 31.3.